The van der Waals surface area contributed by atoms with Crippen LogP contribution in [0.4, 0.5) is 5.69 Å². The number of para-hydroxylation sites is 1. The SMILES string of the molecule is Cn1cc(CN2CC3CC(C2)c2ccc(NC(=O)Cc4ccccc4)c(=O)n2C3)c2ccccc21. The van der Waals surface area contributed by atoms with E-state index in [-0.39, 0.29) is 17.9 Å². The zero-order chi connectivity index (χ0) is 23.9. The molecule has 6 nitrogen and oxygen atoms in total. The average molecular weight is 467 g/mol. The van der Waals surface area contributed by atoms with Crippen LogP contribution < -0.4 is 10.9 Å². The summed E-state index contributed by atoms with van der Waals surface area (Å²) in [6.07, 6.45) is 3.62. The summed E-state index contributed by atoms with van der Waals surface area (Å²) in [4.78, 5) is 28.4. The van der Waals surface area contributed by atoms with E-state index in [2.05, 4.69) is 52.3 Å². The minimum Gasteiger partial charge on any atom is -0.350 e. The van der Waals surface area contributed by atoms with Crippen molar-refractivity contribution in [2.45, 2.75) is 31.8 Å². The molecular formula is C29H30N4O2. The molecule has 2 aliphatic rings. The van der Waals surface area contributed by atoms with E-state index in [0.717, 1.165) is 37.3 Å². The van der Waals surface area contributed by atoms with Crippen LogP contribution in [-0.2, 0) is 31.4 Å². The predicted octanol–water partition coefficient (Wildman–Crippen LogP) is 4.14. The molecule has 2 aliphatic heterocycles. The van der Waals surface area contributed by atoms with Gasteiger partial charge in [-0.3, -0.25) is 14.5 Å². The molecule has 2 atom stereocenters. The Morgan fingerprint density at radius 3 is 2.63 bits per heavy atom. The summed E-state index contributed by atoms with van der Waals surface area (Å²) >= 11 is 0. The maximum atomic E-state index is 13.3. The van der Waals surface area contributed by atoms with Gasteiger partial charge in [-0.15, -0.1) is 0 Å². The van der Waals surface area contributed by atoms with Gasteiger partial charge in [-0.05, 0) is 41.7 Å². The molecule has 2 unspecified atom stereocenters. The highest BCUT2D eigenvalue weighted by molar-refractivity contribution is 5.92. The van der Waals surface area contributed by atoms with E-state index in [1.807, 2.05) is 41.0 Å². The molecule has 1 saturated heterocycles. The van der Waals surface area contributed by atoms with E-state index in [4.69, 9.17) is 0 Å². The molecule has 2 bridgehead atoms. The van der Waals surface area contributed by atoms with E-state index in [1.54, 1.807) is 6.07 Å². The van der Waals surface area contributed by atoms with E-state index in [0.29, 0.717) is 24.1 Å². The van der Waals surface area contributed by atoms with Crippen LogP contribution in [0.1, 0.15) is 29.2 Å². The Labute approximate surface area is 204 Å². The maximum Gasteiger partial charge on any atom is 0.274 e. The molecule has 2 aromatic carbocycles. The van der Waals surface area contributed by atoms with Gasteiger partial charge in [-0.1, -0.05) is 48.5 Å². The largest absolute Gasteiger partial charge is 0.350 e. The molecule has 2 aromatic heterocycles. The van der Waals surface area contributed by atoms with Crippen LogP contribution in [0.5, 0.6) is 0 Å². The zero-order valence-corrected chi connectivity index (χ0v) is 20.0. The van der Waals surface area contributed by atoms with E-state index in [9.17, 15) is 9.59 Å². The lowest BCUT2D eigenvalue weighted by atomic mass is 9.83. The van der Waals surface area contributed by atoms with Crippen molar-refractivity contribution in [1.29, 1.82) is 0 Å². The summed E-state index contributed by atoms with van der Waals surface area (Å²) in [6, 6.07) is 22.0. The number of nitrogens with one attached hydrogen (secondary N) is 1. The summed E-state index contributed by atoms with van der Waals surface area (Å²) in [7, 11) is 2.11. The fourth-order valence-corrected chi connectivity index (χ4v) is 6.04. The van der Waals surface area contributed by atoms with E-state index < -0.39 is 0 Å². The number of benzene rings is 2. The van der Waals surface area contributed by atoms with Crippen molar-refractivity contribution < 1.29 is 4.79 Å². The zero-order valence-electron chi connectivity index (χ0n) is 20.0. The van der Waals surface area contributed by atoms with Gasteiger partial charge in [0.15, 0.2) is 0 Å². The molecule has 4 aromatic rings. The van der Waals surface area contributed by atoms with Crippen molar-refractivity contribution in [2.24, 2.45) is 13.0 Å². The summed E-state index contributed by atoms with van der Waals surface area (Å²) in [5.74, 6) is 0.606. The molecule has 0 saturated carbocycles. The number of nitrogens with zero attached hydrogens (tertiary/aromatic N) is 3. The minimum absolute atomic E-state index is 0.0823. The van der Waals surface area contributed by atoms with Crippen molar-refractivity contribution in [3.05, 3.63) is 100 Å². The van der Waals surface area contributed by atoms with Gasteiger partial charge < -0.3 is 14.5 Å². The molecule has 178 valence electrons. The van der Waals surface area contributed by atoms with Crippen LogP contribution in [0.15, 0.2) is 77.7 Å². The monoisotopic (exact) mass is 466 g/mol. The Kier molecular flexibility index (Phi) is 5.53. The number of fused-ring (bicyclic) bond motifs is 5. The normalized spacial score (nSPS) is 19.5. The summed E-state index contributed by atoms with van der Waals surface area (Å²) < 4.78 is 4.12. The lowest BCUT2D eigenvalue weighted by molar-refractivity contribution is -0.115. The van der Waals surface area contributed by atoms with Crippen LogP contribution in [0.3, 0.4) is 0 Å². The molecule has 0 aliphatic carbocycles. The van der Waals surface area contributed by atoms with Crippen molar-refractivity contribution >= 4 is 22.5 Å². The lowest BCUT2D eigenvalue weighted by Crippen LogP contribution is -2.47. The summed E-state index contributed by atoms with van der Waals surface area (Å²) in [5, 5.41) is 4.17. The van der Waals surface area contributed by atoms with Gasteiger partial charge in [-0.2, -0.15) is 0 Å². The molecule has 0 spiro atoms. The Hall–Kier alpha value is -3.64. The topological polar surface area (TPSA) is 59.3 Å². The average Bonchev–Trinajstić information content (AvgIpc) is 3.17. The number of piperidine rings is 1. The van der Waals surface area contributed by atoms with E-state index >= 15 is 0 Å². The Morgan fingerprint density at radius 2 is 1.77 bits per heavy atom. The maximum absolute atomic E-state index is 13.3. The standard InChI is InChI=1S/C29H30N4O2/c1-31-17-23(24-9-5-6-10-27(24)31)19-32-15-21-13-22(18-32)26-12-11-25(29(35)33(26)16-21)30-28(34)14-20-7-3-2-4-8-20/h2-12,17,21-22H,13-16,18-19H2,1H3,(H,30,34). The van der Waals surface area contributed by atoms with Crippen LogP contribution in [-0.4, -0.2) is 33.0 Å². The Bertz CT molecular complexity index is 1450. The van der Waals surface area contributed by atoms with Crippen LogP contribution in [0.2, 0.25) is 0 Å². The van der Waals surface area contributed by atoms with Gasteiger partial charge in [-0.25, -0.2) is 0 Å². The first-order valence-electron chi connectivity index (χ1n) is 12.4. The number of amides is 1. The number of aromatic nitrogens is 2. The van der Waals surface area contributed by atoms with Gasteiger partial charge in [0.05, 0.1) is 6.42 Å². The first-order chi connectivity index (χ1) is 17.0. The minimum atomic E-state index is -0.161. The fourth-order valence-electron chi connectivity index (χ4n) is 6.04. The third-order valence-electron chi connectivity index (χ3n) is 7.53. The molecular weight excluding hydrogens is 436 g/mol. The second kappa shape index (κ2) is 8.86. The Morgan fingerprint density at radius 1 is 0.971 bits per heavy atom. The number of hydrogen-bond acceptors (Lipinski definition) is 3. The predicted molar refractivity (Wildman–Crippen MR) is 139 cm³/mol. The Balaban J connectivity index is 1.19. The molecule has 1 fully saturated rings. The van der Waals surface area contributed by atoms with Crippen LogP contribution in [0.25, 0.3) is 10.9 Å². The molecule has 4 heterocycles. The number of carbonyl (C=O) groups is 1. The van der Waals surface area contributed by atoms with Crippen molar-refractivity contribution in [2.75, 3.05) is 18.4 Å². The van der Waals surface area contributed by atoms with Gasteiger partial charge in [0.25, 0.3) is 5.56 Å². The summed E-state index contributed by atoms with van der Waals surface area (Å²) in [5.41, 5.74) is 4.94. The number of pyridine rings is 1. The number of hydrogen-bond donors (Lipinski definition) is 1. The highest BCUT2D eigenvalue weighted by Gasteiger charge is 2.35. The van der Waals surface area contributed by atoms with Crippen LogP contribution in [0, 0.1) is 5.92 Å². The molecule has 1 N–H and O–H groups in total. The van der Waals surface area contributed by atoms with Crippen molar-refractivity contribution in [3.63, 3.8) is 0 Å². The number of aryl methyl sites for hydroxylation is 1. The summed E-state index contributed by atoms with van der Waals surface area (Å²) in [6.45, 7) is 3.56. The molecule has 6 rings (SSSR count). The highest BCUT2D eigenvalue weighted by Crippen LogP contribution is 2.36. The van der Waals surface area contributed by atoms with Gasteiger partial charge >= 0.3 is 0 Å². The molecule has 0 radical (unpaired) electrons. The van der Waals surface area contributed by atoms with Crippen molar-refractivity contribution in [3.8, 4) is 0 Å². The first kappa shape index (κ1) is 21.9. The number of carbonyl (C=O) groups excluding carboxylic acids is 1. The third-order valence-corrected chi connectivity index (χ3v) is 7.53. The molecule has 1 amide bonds. The fraction of sp³-hybridized carbons (Fsp3) is 0.310. The second-order valence-electron chi connectivity index (χ2n) is 10.1. The lowest BCUT2D eigenvalue weighted by Gasteiger charge is -2.43. The molecule has 6 heteroatoms. The van der Waals surface area contributed by atoms with Gasteiger partial charge in [0, 0.05) is 61.9 Å². The quantitative estimate of drug-likeness (QED) is 0.481. The number of anilines is 1. The second-order valence-corrected chi connectivity index (χ2v) is 10.1. The first-order valence-corrected chi connectivity index (χ1v) is 12.4. The van der Waals surface area contributed by atoms with Crippen molar-refractivity contribution in [1.82, 2.24) is 14.0 Å². The highest BCUT2D eigenvalue weighted by atomic mass is 16.2. The smallest absolute Gasteiger partial charge is 0.274 e. The third kappa shape index (κ3) is 4.19. The van der Waals surface area contributed by atoms with Crippen LogP contribution >= 0.6 is 0 Å². The number of likely N-dealkylation sites (tertiary alicyclic amines) is 1. The molecule has 35 heavy (non-hydrogen) atoms. The van der Waals surface area contributed by atoms with Gasteiger partial charge in [0.1, 0.15) is 5.69 Å². The van der Waals surface area contributed by atoms with Gasteiger partial charge in [0.2, 0.25) is 5.91 Å². The number of rotatable bonds is 5. The van der Waals surface area contributed by atoms with E-state index in [1.165, 1.54) is 16.5 Å².